The Bertz CT molecular complexity index is 282. The van der Waals surface area contributed by atoms with Gasteiger partial charge in [-0.3, -0.25) is 0 Å². The maximum Gasteiger partial charge on any atom is 0.0587 e. The van der Waals surface area contributed by atoms with Crippen LogP contribution < -0.4 is 5.32 Å². The highest BCUT2D eigenvalue weighted by Crippen LogP contribution is 2.19. The van der Waals surface area contributed by atoms with Crippen molar-refractivity contribution in [1.29, 1.82) is 0 Å². The van der Waals surface area contributed by atoms with Crippen molar-refractivity contribution in [2.45, 2.75) is 37.8 Å². The van der Waals surface area contributed by atoms with Gasteiger partial charge in [0.15, 0.2) is 0 Å². The Morgan fingerprint density at radius 3 is 2.53 bits per heavy atom. The number of aliphatic hydroxyl groups excluding tert-OH is 1. The van der Waals surface area contributed by atoms with Crippen molar-refractivity contribution < 1.29 is 5.11 Å². The maximum absolute atomic E-state index is 9.29. The molecule has 2 nitrogen and oxygen atoms in total. The molecule has 1 aliphatic rings. The lowest BCUT2D eigenvalue weighted by atomic mass is 9.92. The third-order valence-corrected chi connectivity index (χ3v) is 3.12. The zero-order valence-electron chi connectivity index (χ0n) is 9.02. The topological polar surface area (TPSA) is 32.3 Å². The molecule has 15 heavy (non-hydrogen) atoms. The summed E-state index contributed by atoms with van der Waals surface area (Å²) < 4.78 is 0. The van der Waals surface area contributed by atoms with Crippen LogP contribution in [0.1, 0.15) is 24.8 Å². The van der Waals surface area contributed by atoms with Crippen LogP contribution in [0.2, 0.25) is 0 Å². The second-order valence-corrected chi connectivity index (χ2v) is 4.36. The second-order valence-electron chi connectivity index (χ2n) is 4.36. The van der Waals surface area contributed by atoms with Crippen LogP contribution >= 0.6 is 0 Å². The number of nitrogens with one attached hydrogen (secondary N) is 1. The van der Waals surface area contributed by atoms with Gasteiger partial charge in [-0.05, 0) is 24.8 Å². The van der Waals surface area contributed by atoms with Crippen LogP contribution in [-0.4, -0.2) is 23.8 Å². The first kappa shape index (κ1) is 10.7. The van der Waals surface area contributed by atoms with E-state index in [1.165, 1.54) is 24.8 Å². The molecule has 1 saturated carbocycles. The molecule has 2 N–H and O–H groups in total. The minimum absolute atomic E-state index is 0.220. The SMILES string of the molecule is OCC(Cc1ccccc1)NC1CCC1. The Morgan fingerprint density at radius 2 is 2.00 bits per heavy atom. The lowest BCUT2D eigenvalue weighted by molar-refractivity contribution is 0.207. The van der Waals surface area contributed by atoms with Gasteiger partial charge < -0.3 is 10.4 Å². The van der Waals surface area contributed by atoms with Gasteiger partial charge in [-0.25, -0.2) is 0 Å². The van der Waals surface area contributed by atoms with E-state index in [1.54, 1.807) is 0 Å². The molecule has 0 radical (unpaired) electrons. The Hall–Kier alpha value is -0.860. The lowest BCUT2D eigenvalue weighted by Crippen LogP contribution is -2.45. The van der Waals surface area contributed by atoms with E-state index in [-0.39, 0.29) is 12.6 Å². The normalized spacial score (nSPS) is 18.5. The van der Waals surface area contributed by atoms with Gasteiger partial charge in [0.2, 0.25) is 0 Å². The minimum atomic E-state index is 0.220. The smallest absolute Gasteiger partial charge is 0.0587 e. The highest BCUT2D eigenvalue weighted by Gasteiger charge is 2.20. The largest absolute Gasteiger partial charge is 0.395 e. The molecule has 0 aromatic heterocycles. The van der Waals surface area contributed by atoms with Crippen molar-refractivity contribution in [3.8, 4) is 0 Å². The summed E-state index contributed by atoms with van der Waals surface area (Å²) in [5, 5.41) is 12.8. The molecule has 0 aliphatic heterocycles. The van der Waals surface area contributed by atoms with Gasteiger partial charge in [-0.15, -0.1) is 0 Å². The standard InChI is InChI=1S/C13H19NO/c15-10-13(14-12-7-4-8-12)9-11-5-2-1-3-6-11/h1-3,5-6,12-15H,4,7-10H2. The molecule has 1 unspecified atom stereocenters. The van der Waals surface area contributed by atoms with Gasteiger partial charge in [-0.2, -0.15) is 0 Å². The van der Waals surface area contributed by atoms with Crippen molar-refractivity contribution >= 4 is 0 Å². The molecule has 0 saturated heterocycles. The van der Waals surface area contributed by atoms with Gasteiger partial charge in [0.1, 0.15) is 0 Å². The summed E-state index contributed by atoms with van der Waals surface area (Å²) in [5.41, 5.74) is 1.29. The van der Waals surface area contributed by atoms with Gasteiger partial charge in [0.05, 0.1) is 6.61 Å². The van der Waals surface area contributed by atoms with E-state index in [1.807, 2.05) is 18.2 Å². The fraction of sp³-hybridized carbons (Fsp3) is 0.538. The van der Waals surface area contributed by atoms with Gasteiger partial charge in [-0.1, -0.05) is 36.8 Å². The van der Waals surface area contributed by atoms with E-state index in [9.17, 15) is 5.11 Å². The molecule has 1 aliphatic carbocycles. The van der Waals surface area contributed by atoms with E-state index in [0.29, 0.717) is 6.04 Å². The van der Waals surface area contributed by atoms with Crippen molar-refractivity contribution in [2.75, 3.05) is 6.61 Å². The summed E-state index contributed by atoms with van der Waals surface area (Å²) >= 11 is 0. The summed E-state index contributed by atoms with van der Waals surface area (Å²) in [6.45, 7) is 0.228. The molecule has 0 bridgehead atoms. The van der Waals surface area contributed by atoms with Gasteiger partial charge >= 0.3 is 0 Å². The van der Waals surface area contributed by atoms with Crippen molar-refractivity contribution in [3.05, 3.63) is 35.9 Å². The number of hydrogen-bond donors (Lipinski definition) is 2. The Labute approximate surface area is 91.3 Å². The summed E-state index contributed by atoms with van der Waals surface area (Å²) in [6, 6.07) is 11.2. The molecular weight excluding hydrogens is 186 g/mol. The Kier molecular flexibility index (Phi) is 3.75. The molecule has 1 atom stereocenters. The van der Waals surface area contributed by atoms with Crippen LogP contribution in [0.3, 0.4) is 0 Å². The fourth-order valence-corrected chi connectivity index (χ4v) is 1.98. The Morgan fingerprint density at radius 1 is 1.27 bits per heavy atom. The number of aliphatic hydroxyl groups is 1. The van der Waals surface area contributed by atoms with E-state index in [0.717, 1.165) is 6.42 Å². The van der Waals surface area contributed by atoms with Crippen LogP contribution in [0.4, 0.5) is 0 Å². The van der Waals surface area contributed by atoms with Crippen LogP contribution in [-0.2, 0) is 6.42 Å². The third-order valence-electron chi connectivity index (χ3n) is 3.12. The zero-order chi connectivity index (χ0) is 10.5. The van der Waals surface area contributed by atoms with Crippen LogP contribution in [0.5, 0.6) is 0 Å². The van der Waals surface area contributed by atoms with Crippen LogP contribution in [0.15, 0.2) is 30.3 Å². The molecule has 1 fully saturated rings. The van der Waals surface area contributed by atoms with E-state index < -0.39 is 0 Å². The first-order chi connectivity index (χ1) is 7.38. The molecule has 0 spiro atoms. The first-order valence-corrected chi connectivity index (χ1v) is 5.79. The molecule has 1 aromatic rings. The molecule has 2 heteroatoms. The minimum Gasteiger partial charge on any atom is -0.395 e. The second kappa shape index (κ2) is 5.29. The molecule has 82 valence electrons. The van der Waals surface area contributed by atoms with E-state index in [4.69, 9.17) is 0 Å². The van der Waals surface area contributed by atoms with Crippen molar-refractivity contribution in [2.24, 2.45) is 0 Å². The molecule has 2 rings (SSSR count). The van der Waals surface area contributed by atoms with Crippen molar-refractivity contribution in [3.63, 3.8) is 0 Å². The van der Waals surface area contributed by atoms with Crippen molar-refractivity contribution in [1.82, 2.24) is 5.32 Å². The highest BCUT2D eigenvalue weighted by molar-refractivity contribution is 5.16. The Balaban J connectivity index is 1.84. The lowest BCUT2D eigenvalue weighted by Gasteiger charge is -2.30. The average Bonchev–Trinajstić information content (AvgIpc) is 2.23. The molecule has 0 heterocycles. The zero-order valence-corrected chi connectivity index (χ0v) is 9.02. The van der Waals surface area contributed by atoms with Crippen LogP contribution in [0, 0.1) is 0 Å². The number of hydrogen-bond acceptors (Lipinski definition) is 2. The molecule has 1 aromatic carbocycles. The van der Waals surface area contributed by atoms with Crippen LogP contribution in [0.25, 0.3) is 0 Å². The summed E-state index contributed by atoms with van der Waals surface area (Å²) in [5.74, 6) is 0. The predicted octanol–water partition coefficient (Wildman–Crippen LogP) is 1.73. The molecule has 0 amide bonds. The monoisotopic (exact) mass is 205 g/mol. The quantitative estimate of drug-likeness (QED) is 0.767. The third kappa shape index (κ3) is 3.05. The summed E-state index contributed by atoms with van der Waals surface area (Å²) in [7, 11) is 0. The van der Waals surface area contributed by atoms with Gasteiger partial charge in [0, 0.05) is 12.1 Å². The fourth-order valence-electron chi connectivity index (χ4n) is 1.98. The summed E-state index contributed by atoms with van der Waals surface area (Å²) in [4.78, 5) is 0. The first-order valence-electron chi connectivity index (χ1n) is 5.79. The number of benzene rings is 1. The predicted molar refractivity (Wildman–Crippen MR) is 61.8 cm³/mol. The average molecular weight is 205 g/mol. The maximum atomic E-state index is 9.29. The summed E-state index contributed by atoms with van der Waals surface area (Å²) in [6.07, 6.45) is 4.80. The van der Waals surface area contributed by atoms with E-state index in [2.05, 4.69) is 17.4 Å². The van der Waals surface area contributed by atoms with E-state index >= 15 is 0 Å². The molecular formula is C13H19NO. The highest BCUT2D eigenvalue weighted by atomic mass is 16.3. The number of rotatable bonds is 5. The van der Waals surface area contributed by atoms with Gasteiger partial charge in [0.25, 0.3) is 0 Å².